The Morgan fingerprint density at radius 1 is 0.339 bits per heavy atom. The molecule has 0 radical (unpaired) electrons. The molecule has 10 aromatic rings. The van der Waals surface area contributed by atoms with Gasteiger partial charge in [-0.2, -0.15) is 0 Å². The Hall–Kier alpha value is -6.30. The summed E-state index contributed by atoms with van der Waals surface area (Å²) in [6, 6.07) is 78.0. The van der Waals surface area contributed by atoms with Crippen LogP contribution in [-0.2, 0) is 0 Å². The van der Waals surface area contributed by atoms with Crippen LogP contribution in [0.15, 0.2) is 206 Å². The van der Waals surface area contributed by atoms with E-state index in [4.69, 9.17) is 0 Å². The third-order valence-corrected chi connectivity index (χ3v) is 19.8. The molecule has 1 heterocycles. The summed E-state index contributed by atoms with van der Waals surface area (Å²) in [5.74, 6) is 0. The van der Waals surface area contributed by atoms with Crippen LogP contribution in [0.5, 0.6) is 0 Å². The molecule has 0 atom stereocenters. The molecule has 11 rings (SSSR count). The molecule has 59 heavy (non-hydrogen) atoms. The summed E-state index contributed by atoms with van der Waals surface area (Å²) in [5, 5.41) is 18.2. The fourth-order valence-corrected chi connectivity index (χ4v) is 16.9. The minimum absolute atomic E-state index is 1.10. The van der Waals surface area contributed by atoms with Crippen LogP contribution in [0.25, 0.3) is 43.1 Å². The van der Waals surface area contributed by atoms with Crippen LogP contribution in [0.4, 0.5) is 22.7 Å². The van der Waals surface area contributed by atoms with Crippen molar-refractivity contribution in [2.45, 2.75) is 0 Å². The van der Waals surface area contributed by atoms with Crippen LogP contribution in [-0.4, -0.2) is 20.8 Å². The molecule has 0 spiro atoms. The molecule has 284 valence electrons. The zero-order chi connectivity index (χ0) is 39.7. The van der Waals surface area contributed by atoms with Gasteiger partial charge in [0.1, 0.15) is 0 Å². The van der Waals surface area contributed by atoms with Crippen LogP contribution in [0.2, 0.25) is 0 Å². The van der Waals surface area contributed by atoms with Gasteiger partial charge in [0.05, 0.1) is 0 Å². The summed E-state index contributed by atoms with van der Waals surface area (Å²) in [6.45, 7) is 2.60. The molecule has 4 heteroatoms. The van der Waals surface area contributed by atoms with E-state index >= 15 is 0 Å². The van der Waals surface area contributed by atoms with E-state index in [2.05, 4.69) is 237 Å². The Bertz CT molecular complexity index is 3060. The Balaban J connectivity index is 1.41. The molecule has 10 aromatic carbocycles. The quantitative estimate of drug-likeness (QED) is 0.161. The number of hydrogen-bond acceptors (Lipinski definition) is 2. The van der Waals surface area contributed by atoms with Crippen molar-refractivity contribution in [1.29, 1.82) is 0 Å². The van der Waals surface area contributed by atoms with E-state index in [1.165, 1.54) is 97.7 Å². The van der Waals surface area contributed by atoms with Gasteiger partial charge in [-0.1, -0.05) is 0 Å². The van der Waals surface area contributed by atoms with Gasteiger partial charge in [0.25, 0.3) is 0 Å². The van der Waals surface area contributed by atoms with E-state index < -0.39 is 15.2 Å². The van der Waals surface area contributed by atoms with Gasteiger partial charge in [-0.15, -0.1) is 0 Å². The first-order valence-electron chi connectivity index (χ1n) is 20.5. The molecule has 0 aromatic heterocycles. The number of benzene rings is 10. The molecular weight excluding hydrogens is 751 g/mol. The van der Waals surface area contributed by atoms with Crippen LogP contribution < -0.4 is 41.6 Å². The molecular formula is C55H44N2P2. The van der Waals surface area contributed by atoms with Gasteiger partial charge in [-0.25, -0.2) is 0 Å². The Morgan fingerprint density at radius 2 is 0.678 bits per heavy atom. The number of hydrogen-bond donors (Lipinski definition) is 0. The van der Waals surface area contributed by atoms with Gasteiger partial charge >= 0.3 is 350 Å². The monoisotopic (exact) mass is 794 g/mol. The van der Waals surface area contributed by atoms with Gasteiger partial charge in [0.2, 0.25) is 0 Å². The second kappa shape index (κ2) is 14.2. The first-order chi connectivity index (χ1) is 29.0. The molecule has 0 amide bonds. The maximum atomic E-state index is 2.60. The first kappa shape index (κ1) is 35.8. The molecule has 0 saturated heterocycles. The number of anilines is 4. The number of nitrogens with zero attached hydrogens (tertiary/aromatic N) is 2. The summed E-state index contributed by atoms with van der Waals surface area (Å²) in [6.07, 6.45) is 0. The van der Waals surface area contributed by atoms with Crippen molar-refractivity contribution in [2.24, 2.45) is 0 Å². The third kappa shape index (κ3) is 5.55. The van der Waals surface area contributed by atoms with Gasteiger partial charge in [-0.05, 0) is 0 Å². The molecule has 0 unspecified atom stereocenters. The van der Waals surface area contributed by atoms with Crippen molar-refractivity contribution in [3.8, 4) is 0 Å². The molecule has 0 fully saturated rings. The normalized spacial score (nSPS) is 15.5. The van der Waals surface area contributed by atoms with Gasteiger partial charge in [0.15, 0.2) is 0 Å². The zero-order valence-corrected chi connectivity index (χ0v) is 35.4. The second-order valence-electron chi connectivity index (χ2n) is 16.0. The predicted octanol–water partition coefficient (Wildman–Crippen LogP) is 11.6. The summed E-state index contributed by atoms with van der Waals surface area (Å²) in [4.78, 5) is 5.18. The van der Waals surface area contributed by atoms with Crippen molar-refractivity contribution in [2.75, 3.05) is 30.6 Å². The van der Waals surface area contributed by atoms with E-state index in [-0.39, 0.29) is 0 Å². The van der Waals surface area contributed by atoms with E-state index in [1.807, 2.05) is 0 Å². The first-order valence-corrected chi connectivity index (χ1v) is 24.3. The van der Waals surface area contributed by atoms with E-state index in [9.17, 15) is 0 Å². The molecule has 2 nitrogen and oxygen atoms in total. The third-order valence-electron chi connectivity index (χ3n) is 12.8. The predicted molar refractivity (Wildman–Crippen MR) is 264 cm³/mol. The molecule has 0 bridgehead atoms. The van der Waals surface area contributed by atoms with Crippen LogP contribution >= 0.6 is 15.2 Å². The molecule has 0 saturated carbocycles. The molecule has 1 aliphatic heterocycles. The van der Waals surface area contributed by atoms with E-state index in [0.29, 0.717) is 0 Å². The van der Waals surface area contributed by atoms with Crippen molar-refractivity contribution in [3.63, 3.8) is 0 Å². The van der Waals surface area contributed by atoms with Gasteiger partial charge < -0.3 is 0 Å². The standard InChI is InChI=1S/C55H44N2P2/c1-56-52-44-26-14-10-18-38(44)30-34-48(52)58(42-22-6-4-7-23-42)49-35-31-39-19-11-15-27-45(39)53(49)57(2)55-47-29-17-13-21-41(47)33-37-51(55)59(3,43-24-8-5-9-25-43)50-36-32-40-20-12-16-28-46(40)54(50)56/h4-37,59H,1-3H3. The summed E-state index contributed by atoms with van der Waals surface area (Å²) < 4.78 is 0. The summed E-state index contributed by atoms with van der Waals surface area (Å²) in [7, 11) is 0.705. The van der Waals surface area contributed by atoms with E-state index in [0.717, 1.165) is 0 Å². The average molecular weight is 795 g/mol. The average Bonchev–Trinajstić information content (AvgIpc) is 3.30. The molecule has 0 aliphatic carbocycles. The fourth-order valence-electron chi connectivity index (χ4n) is 10.0. The summed E-state index contributed by atoms with van der Waals surface area (Å²) in [5.41, 5.74) is 5.09. The summed E-state index contributed by atoms with van der Waals surface area (Å²) >= 11 is 0. The number of rotatable bonds is 2. The zero-order valence-electron chi connectivity index (χ0n) is 33.5. The van der Waals surface area contributed by atoms with E-state index in [1.54, 1.807) is 0 Å². The topological polar surface area (TPSA) is 6.48 Å². The fraction of sp³-hybridized carbons (Fsp3) is 0.0545. The van der Waals surface area contributed by atoms with Crippen molar-refractivity contribution >= 4 is 113 Å². The van der Waals surface area contributed by atoms with Crippen LogP contribution in [0, 0.1) is 0 Å². The van der Waals surface area contributed by atoms with Gasteiger partial charge in [-0.3, -0.25) is 0 Å². The molecule has 1 aliphatic rings. The maximum absolute atomic E-state index is 2.88. The Labute approximate surface area is 348 Å². The second-order valence-corrected chi connectivity index (χ2v) is 22.0. The molecule has 0 N–H and O–H groups in total. The Morgan fingerprint density at radius 3 is 1.10 bits per heavy atom. The van der Waals surface area contributed by atoms with Crippen molar-refractivity contribution in [3.05, 3.63) is 206 Å². The minimum atomic E-state index is -2.88. The van der Waals surface area contributed by atoms with Crippen LogP contribution in [0.1, 0.15) is 0 Å². The SMILES string of the molecule is CN1c2c(ccc3ccccc23)P(c2ccccc2)c2ccc3ccccc3c2N(C)c2c(ccc3ccccc23)[PH](C)(c2ccccc2)c2ccc3ccccc3c21. The van der Waals surface area contributed by atoms with Crippen molar-refractivity contribution in [1.82, 2.24) is 0 Å². The Kier molecular flexibility index (Phi) is 8.63. The van der Waals surface area contributed by atoms with Gasteiger partial charge in [0, 0.05) is 0 Å². The van der Waals surface area contributed by atoms with Crippen molar-refractivity contribution < 1.29 is 0 Å². The van der Waals surface area contributed by atoms with Crippen LogP contribution in [0.3, 0.4) is 0 Å². The number of fused-ring (bicyclic) bond motifs is 12.